The molecule has 17 heavy (non-hydrogen) atoms. The van der Waals surface area contributed by atoms with Crippen molar-refractivity contribution in [3.8, 4) is 0 Å². The van der Waals surface area contributed by atoms with Crippen molar-refractivity contribution in [3.05, 3.63) is 18.2 Å². The topological polar surface area (TPSA) is 98.0 Å². The van der Waals surface area contributed by atoms with Gasteiger partial charge < -0.3 is 5.73 Å². The van der Waals surface area contributed by atoms with Crippen LogP contribution >= 0.6 is 11.7 Å². The van der Waals surface area contributed by atoms with E-state index < -0.39 is 10.0 Å². The summed E-state index contributed by atoms with van der Waals surface area (Å²) in [5.74, 6) is 0. The summed E-state index contributed by atoms with van der Waals surface area (Å²) in [7, 11) is -3.59. The van der Waals surface area contributed by atoms with Crippen LogP contribution in [0.25, 0.3) is 11.0 Å². The lowest BCUT2D eigenvalue weighted by Crippen LogP contribution is -2.37. The predicted octanol–water partition coefficient (Wildman–Crippen LogP) is 0.317. The van der Waals surface area contributed by atoms with E-state index in [9.17, 15) is 8.42 Å². The smallest absolute Gasteiger partial charge is 0.243 e. The van der Waals surface area contributed by atoms with Gasteiger partial charge in [-0.25, -0.2) is 13.1 Å². The molecule has 0 aliphatic heterocycles. The van der Waals surface area contributed by atoms with Gasteiger partial charge in [-0.2, -0.15) is 8.75 Å². The molecular formula is C9H12N4O2S2. The first-order chi connectivity index (χ1) is 8.04. The SMILES string of the molecule is C[C@@H](CN)NS(=O)(=O)c1cccc2nsnc12. The normalized spacial score (nSPS) is 14.0. The fourth-order valence-electron chi connectivity index (χ4n) is 1.37. The van der Waals surface area contributed by atoms with E-state index in [-0.39, 0.29) is 17.5 Å². The van der Waals surface area contributed by atoms with Crippen molar-refractivity contribution in [2.75, 3.05) is 6.54 Å². The molecule has 0 aliphatic rings. The fraction of sp³-hybridized carbons (Fsp3) is 0.333. The zero-order valence-electron chi connectivity index (χ0n) is 9.12. The van der Waals surface area contributed by atoms with E-state index in [0.717, 1.165) is 11.7 Å². The van der Waals surface area contributed by atoms with Crippen LogP contribution in [-0.2, 0) is 10.0 Å². The second-order valence-electron chi connectivity index (χ2n) is 3.65. The first-order valence-electron chi connectivity index (χ1n) is 4.98. The van der Waals surface area contributed by atoms with Gasteiger partial charge in [0.2, 0.25) is 10.0 Å². The highest BCUT2D eigenvalue weighted by molar-refractivity contribution is 7.89. The number of benzene rings is 1. The number of hydrogen-bond donors (Lipinski definition) is 2. The van der Waals surface area contributed by atoms with Crippen LogP contribution < -0.4 is 10.5 Å². The van der Waals surface area contributed by atoms with Crippen LogP contribution in [0.2, 0.25) is 0 Å². The summed E-state index contributed by atoms with van der Waals surface area (Å²) >= 11 is 0.991. The van der Waals surface area contributed by atoms with E-state index in [4.69, 9.17) is 5.73 Å². The number of nitrogens with zero attached hydrogens (tertiary/aromatic N) is 2. The Morgan fingerprint density at radius 2 is 2.24 bits per heavy atom. The van der Waals surface area contributed by atoms with Gasteiger partial charge in [-0.15, -0.1) is 0 Å². The van der Waals surface area contributed by atoms with Gasteiger partial charge >= 0.3 is 0 Å². The lowest BCUT2D eigenvalue weighted by Gasteiger charge is -2.11. The lowest BCUT2D eigenvalue weighted by atomic mass is 10.3. The van der Waals surface area contributed by atoms with Crippen LogP contribution in [0.15, 0.2) is 23.1 Å². The van der Waals surface area contributed by atoms with E-state index in [1.165, 1.54) is 6.07 Å². The number of nitrogens with one attached hydrogen (secondary N) is 1. The Morgan fingerprint density at radius 3 is 2.94 bits per heavy atom. The van der Waals surface area contributed by atoms with Crippen molar-refractivity contribution in [3.63, 3.8) is 0 Å². The average molecular weight is 272 g/mol. The van der Waals surface area contributed by atoms with E-state index in [2.05, 4.69) is 13.5 Å². The van der Waals surface area contributed by atoms with E-state index in [1.54, 1.807) is 19.1 Å². The van der Waals surface area contributed by atoms with Crippen molar-refractivity contribution in [1.29, 1.82) is 0 Å². The maximum absolute atomic E-state index is 12.1. The van der Waals surface area contributed by atoms with Gasteiger partial charge in [0, 0.05) is 12.6 Å². The number of aromatic nitrogens is 2. The Hall–Kier alpha value is -1.09. The van der Waals surface area contributed by atoms with E-state index >= 15 is 0 Å². The molecule has 1 atom stereocenters. The minimum absolute atomic E-state index is 0.143. The van der Waals surface area contributed by atoms with Gasteiger partial charge in [0.05, 0.1) is 11.7 Å². The molecule has 2 rings (SSSR count). The molecular weight excluding hydrogens is 260 g/mol. The van der Waals surface area contributed by atoms with Crippen LogP contribution in [-0.4, -0.2) is 29.8 Å². The maximum atomic E-state index is 12.1. The van der Waals surface area contributed by atoms with Gasteiger partial charge in [0.15, 0.2) is 0 Å². The van der Waals surface area contributed by atoms with Crippen LogP contribution in [0.4, 0.5) is 0 Å². The third kappa shape index (κ3) is 2.44. The summed E-state index contributed by atoms with van der Waals surface area (Å²) < 4.78 is 34.7. The molecule has 3 N–H and O–H groups in total. The minimum atomic E-state index is -3.59. The molecule has 1 aromatic heterocycles. The van der Waals surface area contributed by atoms with Crippen LogP contribution in [0.5, 0.6) is 0 Å². The van der Waals surface area contributed by atoms with Gasteiger partial charge in [0.1, 0.15) is 15.9 Å². The van der Waals surface area contributed by atoms with Gasteiger partial charge in [-0.05, 0) is 19.1 Å². The molecule has 0 amide bonds. The maximum Gasteiger partial charge on any atom is 0.243 e. The summed E-state index contributed by atoms with van der Waals surface area (Å²) in [6.45, 7) is 1.95. The van der Waals surface area contributed by atoms with E-state index in [1.807, 2.05) is 0 Å². The minimum Gasteiger partial charge on any atom is -0.329 e. The number of rotatable bonds is 4. The Balaban J connectivity index is 2.49. The number of nitrogens with two attached hydrogens (primary N) is 1. The first-order valence-corrected chi connectivity index (χ1v) is 7.19. The van der Waals surface area contributed by atoms with E-state index in [0.29, 0.717) is 11.0 Å². The number of sulfonamides is 1. The molecule has 0 saturated carbocycles. The molecule has 0 fully saturated rings. The molecule has 2 aromatic rings. The second-order valence-corrected chi connectivity index (χ2v) is 5.86. The first kappa shape index (κ1) is 12.4. The molecule has 6 nitrogen and oxygen atoms in total. The average Bonchev–Trinajstić information content (AvgIpc) is 2.75. The highest BCUT2D eigenvalue weighted by atomic mass is 32.2. The standard InChI is InChI=1S/C9H12N4O2S2/c1-6(5-10)13-17(14,15)8-4-2-3-7-9(8)12-16-11-7/h2-4,6,13H,5,10H2,1H3/t6-/m0/s1. The third-order valence-corrected chi connectivity index (χ3v) is 4.41. The van der Waals surface area contributed by atoms with Crippen molar-refractivity contribution in [1.82, 2.24) is 13.5 Å². The molecule has 0 saturated heterocycles. The number of hydrogen-bond acceptors (Lipinski definition) is 6. The molecule has 1 aromatic carbocycles. The zero-order valence-corrected chi connectivity index (χ0v) is 10.8. The molecule has 0 aliphatic carbocycles. The molecule has 0 spiro atoms. The summed E-state index contributed by atoms with van der Waals surface area (Å²) in [6.07, 6.45) is 0. The monoisotopic (exact) mass is 272 g/mol. The molecule has 92 valence electrons. The summed E-state index contributed by atoms with van der Waals surface area (Å²) in [5.41, 5.74) is 6.38. The van der Waals surface area contributed by atoms with Crippen molar-refractivity contribution < 1.29 is 8.42 Å². The molecule has 0 unspecified atom stereocenters. The van der Waals surface area contributed by atoms with Crippen LogP contribution in [0, 0.1) is 0 Å². The Kier molecular flexibility index (Phi) is 3.38. The second kappa shape index (κ2) is 4.65. The third-order valence-electron chi connectivity index (χ3n) is 2.25. The number of fused-ring (bicyclic) bond motifs is 1. The highest BCUT2D eigenvalue weighted by Gasteiger charge is 2.20. The Bertz CT molecular complexity index is 623. The molecule has 8 heteroatoms. The van der Waals surface area contributed by atoms with Gasteiger partial charge in [0.25, 0.3) is 0 Å². The Labute approximate surface area is 103 Å². The summed E-state index contributed by atoms with van der Waals surface area (Å²) in [6, 6.07) is 4.56. The van der Waals surface area contributed by atoms with Crippen LogP contribution in [0.3, 0.4) is 0 Å². The zero-order chi connectivity index (χ0) is 12.5. The predicted molar refractivity (Wildman–Crippen MR) is 66.3 cm³/mol. The molecule has 0 radical (unpaired) electrons. The van der Waals surface area contributed by atoms with Crippen molar-refractivity contribution in [2.24, 2.45) is 5.73 Å². The fourth-order valence-corrected chi connectivity index (χ4v) is 3.40. The quantitative estimate of drug-likeness (QED) is 0.835. The van der Waals surface area contributed by atoms with Gasteiger partial charge in [-0.1, -0.05) is 6.07 Å². The van der Waals surface area contributed by atoms with Crippen molar-refractivity contribution in [2.45, 2.75) is 17.9 Å². The lowest BCUT2D eigenvalue weighted by molar-refractivity contribution is 0.563. The largest absolute Gasteiger partial charge is 0.329 e. The Morgan fingerprint density at radius 1 is 1.47 bits per heavy atom. The molecule has 0 bridgehead atoms. The molecule has 1 heterocycles. The van der Waals surface area contributed by atoms with Crippen molar-refractivity contribution >= 4 is 32.8 Å². The summed E-state index contributed by atoms with van der Waals surface area (Å²) in [4.78, 5) is 0.143. The van der Waals surface area contributed by atoms with Gasteiger partial charge in [-0.3, -0.25) is 0 Å². The highest BCUT2D eigenvalue weighted by Crippen LogP contribution is 2.20. The van der Waals surface area contributed by atoms with Crippen LogP contribution in [0.1, 0.15) is 6.92 Å². The summed E-state index contributed by atoms with van der Waals surface area (Å²) in [5, 5.41) is 0.